The molecule has 4 aliphatic heterocycles. The molecular weight excluding hydrogens is 829 g/mol. The molecule has 4 aliphatic rings. The van der Waals surface area contributed by atoms with Crippen molar-refractivity contribution in [2.75, 3.05) is 47.4 Å². The van der Waals surface area contributed by atoms with E-state index in [9.17, 15) is 29.1 Å². The molecule has 4 N–H and O–H groups in total. The number of allylic oxidation sites excluding steroid dienone is 1. The van der Waals surface area contributed by atoms with Crippen LogP contribution in [0.25, 0.3) is 27.6 Å². The number of aliphatic imine (C=N–C) groups is 1. The molecule has 65 heavy (non-hydrogen) atoms. The number of amides is 4. The lowest BCUT2D eigenvalue weighted by atomic mass is 9.83. The fraction of sp³-hybridized carbons (Fsp3) is 0.551. The summed E-state index contributed by atoms with van der Waals surface area (Å²) in [4.78, 5) is 76.7. The highest BCUT2D eigenvalue weighted by atomic mass is 16.5. The van der Waals surface area contributed by atoms with Gasteiger partial charge in [-0.25, -0.2) is 5.43 Å². The Kier molecular flexibility index (Phi) is 14.2. The minimum atomic E-state index is -1.17. The molecule has 0 saturated carbocycles. The highest BCUT2D eigenvalue weighted by molar-refractivity contribution is 5.96. The van der Waals surface area contributed by atoms with Crippen molar-refractivity contribution in [3.8, 4) is 16.9 Å². The van der Waals surface area contributed by atoms with Crippen molar-refractivity contribution in [3.63, 3.8) is 0 Å². The maximum absolute atomic E-state index is 14.7. The molecule has 5 heterocycles. The second-order valence-electron chi connectivity index (χ2n) is 19.2. The van der Waals surface area contributed by atoms with Gasteiger partial charge in [0.25, 0.3) is 5.91 Å². The average molecular weight is 895 g/mol. The number of phenols is 1. The molecule has 6 bridgehead atoms. The number of aromatic nitrogens is 1. The third-order valence-corrected chi connectivity index (χ3v) is 13.1. The van der Waals surface area contributed by atoms with Crippen molar-refractivity contribution >= 4 is 52.3 Å². The number of rotatable bonds is 11. The summed E-state index contributed by atoms with van der Waals surface area (Å²) in [5, 5.41) is 19.6. The van der Waals surface area contributed by atoms with Gasteiger partial charge in [0, 0.05) is 75.4 Å². The molecule has 3 aromatic rings. The number of methoxy groups -OCH3 is 1. The molecule has 7 rings (SSSR count). The summed E-state index contributed by atoms with van der Waals surface area (Å²) in [5.74, 6) is -2.52. The Morgan fingerprint density at radius 3 is 2.54 bits per heavy atom. The molecule has 5 atom stereocenters. The molecule has 2 fully saturated rings. The van der Waals surface area contributed by atoms with Crippen molar-refractivity contribution in [1.29, 1.82) is 0 Å². The lowest BCUT2D eigenvalue weighted by Crippen LogP contribution is -2.62. The number of likely N-dealkylation sites (N-methyl/N-ethyl adjacent to an activating group) is 2. The molecule has 4 amide bonds. The molecule has 0 spiro atoms. The monoisotopic (exact) mass is 895 g/mol. The summed E-state index contributed by atoms with van der Waals surface area (Å²) >= 11 is 0. The van der Waals surface area contributed by atoms with Crippen LogP contribution in [0.2, 0.25) is 0 Å². The number of cyclic esters (lactones) is 1. The highest BCUT2D eigenvalue weighted by Gasteiger charge is 2.39. The first-order chi connectivity index (χ1) is 30.9. The van der Waals surface area contributed by atoms with Crippen LogP contribution in [0.1, 0.15) is 84.0 Å². The Hall–Kier alpha value is -5.58. The highest BCUT2D eigenvalue weighted by Crippen LogP contribution is 2.42. The van der Waals surface area contributed by atoms with E-state index in [1.165, 1.54) is 21.9 Å². The maximum atomic E-state index is 14.7. The number of ether oxygens (including phenoxy) is 2. The van der Waals surface area contributed by atoms with Crippen molar-refractivity contribution < 1.29 is 38.6 Å². The zero-order valence-electron chi connectivity index (χ0n) is 39.3. The number of carbonyl (C=O) groups is 5. The topological polar surface area (TPSA) is 197 Å². The number of carbonyl (C=O) groups excluding carboxylic acids is 5. The summed E-state index contributed by atoms with van der Waals surface area (Å²) in [7, 11) is 4.77. The van der Waals surface area contributed by atoms with Crippen molar-refractivity contribution in [2.24, 2.45) is 16.3 Å². The minimum absolute atomic E-state index is 0.00882. The number of aryl methyl sites for hydroxylation is 1. The van der Waals surface area contributed by atoms with Crippen LogP contribution >= 0.6 is 0 Å². The first-order valence-corrected chi connectivity index (χ1v) is 23.0. The fourth-order valence-corrected chi connectivity index (χ4v) is 9.56. The van der Waals surface area contributed by atoms with Crippen LogP contribution in [0.15, 0.2) is 47.1 Å². The van der Waals surface area contributed by atoms with E-state index >= 15 is 0 Å². The van der Waals surface area contributed by atoms with E-state index < -0.39 is 47.2 Å². The maximum Gasteiger partial charge on any atom is 0.324 e. The van der Waals surface area contributed by atoms with E-state index in [0.717, 1.165) is 57.4 Å². The zero-order valence-corrected chi connectivity index (χ0v) is 39.3. The standard InChI is InChI=1S/C49H66N8O8/c1-10-56-40-16-15-31-23-35(40)36(44(56)34-13-11-17-50-42(34)29(4)64-9)24-49(5,6)27-65-48(63)37-14-12-18-57(53-37)47(62)38(21-30-19-32(31)22-33(58)20-30)52-45(60)43(28(2)3)55(8)41(59)26-54(7)46(61)39-25-51-39/h15-17,19-20,22-23,28-29,37-39,43,51,53,58H,10-14,18,21,24-27H2,1-9H3,(H,52,60)/t29-,37-,38-,39+,43-/m0/s1. The smallest absolute Gasteiger partial charge is 0.324 e. The lowest BCUT2D eigenvalue weighted by molar-refractivity contribution is -0.155. The van der Waals surface area contributed by atoms with Gasteiger partial charge in [0.2, 0.25) is 17.7 Å². The van der Waals surface area contributed by atoms with Gasteiger partial charge in [0.1, 0.15) is 23.9 Å². The molecule has 16 nitrogen and oxygen atoms in total. The van der Waals surface area contributed by atoms with Gasteiger partial charge in [-0.3, -0.25) is 34.0 Å². The third-order valence-electron chi connectivity index (χ3n) is 13.1. The Bertz CT molecular complexity index is 2400. The van der Waals surface area contributed by atoms with Gasteiger partial charge in [-0.1, -0.05) is 39.8 Å². The van der Waals surface area contributed by atoms with E-state index in [1.807, 2.05) is 39.1 Å². The molecule has 2 saturated heterocycles. The van der Waals surface area contributed by atoms with Gasteiger partial charge in [-0.05, 0) is 98.4 Å². The SMILES string of the molecule is CCn1c(C2=C([C@H](C)OC)N=CCC2)c2c3cc(ccc31)-c1cc(O)cc(c1)C[C@H](NC(=O)[C@H](C(C)C)N(C)C(=O)CN(C)C(=O)[C@H]1CN1)C(=O)N1CCC[C@H](N1)C(=O)OCC(C)(C)C2. The Morgan fingerprint density at radius 2 is 1.85 bits per heavy atom. The molecule has 2 aromatic carbocycles. The molecule has 16 heteroatoms. The Balaban J connectivity index is 1.31. The van der Waals surface area contributed by atoms with Crippen LogP contribution in [-0.4, -0.2) is 138 Å². The second-order valence-corrected chi connectivity index (χ2v) is 19.2. The first kappa shape index (κ1) is 47.4. The summed E-state index contributed by atoms with van der Waals surface area (Å²) in [6, 6.07) is 8.21. The van der Waals surface area contributed by atoms with Gasteiger partial charge in [0.15, 0.2) is 0 Å². The normalized spacial score (nSPS) is 22.0. The average Bonchev–Trinajstić information content (AvgIpc) is 4.09. The number of nitrogens with one attached hydrogen (secondary N) is 3. The van der Waals surface area contributed by atoms with Crippen LogP contribution in [0.3, 0.4) is 0 Å². The van der Waals surface area contributed by atoms with E-state index in [2.05, 4.69) is 53.5 Å². The van der Waals surface area contributed by atoms with Crippen LogP contribution in [0, 0.1) is 11.3 Å². The van der Waals surface area contributed by atoms with Crippen molar-refractivity contribution in [3.05, 3.63) is 58.9 Å². The predicted octanol–water partition coefficient (Wildman–Crippen LogP) is 4.21. The summed E-state index contributed by atoms with van der Waals surface area (Å²) < 4.78 is 14.3. The molecule has 350 valence electrons. The molecule has 0 unspecified atom stereocenters. The number of hydrogen-bond acceptors (Lipinski definition) is 11. The predicted molar refractivity (Wildman–Crippen MR) is 249 cm³/mol. The van der Waals surface area contributed by atoms with Gasteiger partial charge >= 0.3 is 5.97 Å². The van der Waals surface area contributed by atoms with Crippen molar-refractivity contribution in [1.82, 2.24) is 35.4 Å². The lowest BCUT2D eigenvalue weighted by Gasteiger charge is -2.37. The van der Waals surface area contributed by atoms with Crippen LogP contribution in [0.5, 0.6) is 5.75 Å². The van der Waals surface area contributed by atoms with Gasteiger partial charge in [0.05, 0.1) is 36.7 Å². The molecule has 1 aromatic heterocycles. The molecule has 0 radical (unpaired) electrons. The fourth-order valence-electron chi connectivity index (χ4n) is 9.56. The van der Waals surface area contributed by atoms with Crippen LogP contribution in [-0.2, 0) is 52.8 Å². The Labute approximate surface area is 381 Å². The zero-order chi connectivity index (χ0) is 46.9. The summed E-state index contributed by atoms with van der Waals surface area (Å²) in [6.45, 7) is 13.4. The molecule has 0 aliphatic carbocycles. The summed E-state index contributed by atoms with van der Waals surface area (Å²) in [5.41, 5.74) is 10.00. The van der Waals surface area contributed by atoms with E-state index in [0.29, 0.717) is 37.9 Å². The molecular formula is C49H66N8O8. The number of hydrazine groups is 1. The number of benzene rings is 2. The third kappa shape index (κ3) is 10.3. The van der Waals surface area contributed by atoms with Crippen LogP contribution < -0.4 is 16.1 Å². The summed E-state index contributed by atoms with van der Waals surface area (Å²) in [6.07, 6.45) is 4.81. The number of phenolic OH excluding ortho intramolecular Hbond substituents is 1. The second kappa shape index (κ2) is 19.5. The number of nitrogens with zero attached hydrogens (tertiary/aromatic N) is 5. The quantitative estimate of drug-likeness (QED) is 0.160. The first-order valence-electron chi connectivity index (χ1n) is 23.0. The number of fused-ring (bicyclic) bond motifs is 6. The van der Waals surface area contributed by atoms with E-state index in [4.69, 9.17) is 14.5 Å². The van der Waals surface area contributed by atoms with E-state index in [1.54, 1.807) is 26.3 Å². The minimum Gasteiger partial charge on any atom is -0.508 e. The van der Waals surface area contributed by atoms with E-state index in [-0.39, 0.29) is 55.8 Å². The van der Waals surface area contributed by atoms with Gasteiger partial charge in [-0.15, -0.1) is 0 Å². The van der Waals surface area contributed by atoms with Crippen LogP contribution in [0.4, 0.5) is 0 Å². The number of hydrogen-bond donors (Lipinski definition) is 4. The van der Waals surface area contributed by atoms with Gasteiger partial charge in [-0.2, -0.15) is 0 Å². The number of aromatic hydroxyl groups is 1. The number of esters is 1. The van der Waals surface area contributed by atoms with Gasteiger partial charge < -0.3 is 39.6 Å². The largest absolute Gasteiger partial charge is 0.508 e. The Morgan fingerprint density at radius 1 is 1.09 bits per heavy atom. The van der Waals surface area contributed by atoms with Crippen molar-refractivity contribution in [2.45, 2.75) is 117 Å².